The van der Waals surface area contributed by atoms with Crippen LogP contribution in [-0.2, 0) is 16.1 Å². The molecule has 0 spiro atoms. The lowest BCUT2D eigenvalue weighted by molar-refractivity contribution is -0.136. The van der Waals surface area contributed by atoms with Gasteiger partial charge in [-0.25, -0.2) is 0 Å². The van der Waals surface area contributed by atoms with Crippen LogP contribution in [0.1, 0.15) is 30.4 Å². The molecule has 6 nitrogen and oxygen atoms in total. The number of carbonyl (C=O) groups is 3. The summed E-state index contributed by atoms with van der Waals surface area (Å²) in [5.41, 5.74) is 3.13. The molecule has 2 aromatic carbocycles. The fourth-order valence-electron chi connectivity index (χ4n) is 4.46. The third-order valence-corrected chi connectivity index (χ3v) is 7.08. The molecule has 3 heterocycles. The van der Waals surface area contributed by atoms with E-state index >= 15 is 0 Å². The number of imide groups is 1. The van der Waals surface area contributed by atoms with Crippen LogP contribution >= 0.6 is 11.8 Å². The van der Waals surface area contributed by atoms with Gasteiger partial charge in [0.05, 0.1) is 4.91 Å². The molecular weight excluding hydrogens is 434 g/mol. The smallest absolute Gasteiger partial charge is 0.294 e. The molecule has 0 radical (unpaired) electrons. The van der Waals surface area contributed by atoms with Gasteiger partial charge in [-0.3, -0.25) is 19.3 Å². The van der Waals surface area contributed by atoms with Crippen LogP contribution in [0.3, 0.4) is 0 Å². The Morgan fingerprint density at radius 3 is 2.45 bits per heavy atom. The number of rotatable bonds is 5. The van der Waals surface area contributed by atoms with Crippen LogP contribution < -0.4 is 0 Å². The standard InChI is InChI=1S/C26H25N3O3S/c30-24(27-13-7-2-8-14-27)18-29-25(31)23(33-26(29)32)15-20-17-28(16-19-9-3-1-4-10-19)22-12-6-5-11-21(20)22/h1,3-6,9-12,15,17H,2,7-8,13-14,16,18H2/b23-15-. The molecule has 3 amide bonds. The SMILES string of the molecule is O=C(CN1C(=O)S/C(=C\c2cn(Cc3ccccc3)c3ccccc23)C1=O)N1CCCCC1. The van der Waals surface area contributed by atoms with Crippen LogP contribution in [0.25, 0.3) is 17.0 Å². The van der Waals surface area contributed by atoms with E-state index in [-0.39, 0.29) is 17.7 Å². The number of piperidine rings is 1. The van der Waals surface area contributed by atoms with Crippen molar-refractivity contribution in [3.05, 3.63) is 76.8 Å². The van der Waals surface area contributed by atoms with Gasteiger partial charge in [-0.1, -0.05) is 48.5 Å². The maximum absolute atomic E-state index is 13.0. The Morgan fingerprint density at radius 2 is 1.67 bits per heavy atom. The molecule has 0 saturated carbocycles. The normalized spacial score (nSPS) is 18.0. The maximum Gasteiger partial charge on any atom is 0.294 e. The van der Waals surface area contributed by atoms with Gasteiger partial charge in [-0.15, -0.1) is 0 Å². The molecule has 33 heavy (non-hydrogen) atoms. The summed E-state index contributed by atoms with van der Waals surface area (Å²) in [6.45, 7) is 1.93. The Kier molecular flexibility index (Phi) is 6.05. The first-order chi connectivity index (χ1) is 16.1. The van der Waals surface area contributed by atoms with Crippen molar-refractivity contribution in [2.24, 2.45) is 0 Å². The summed E-state index contributed by atoms with van der Waals surface area (Å²) >= 11 is 0.906. The van der Waals surface area contributed by atoms with Crippen LogP contribution in [0, 0.1) is 0 Å². The van der Waals surface area contributed by atoms with E-state index in [0.29, 0.717) is 24.5 Å². The average Bonchev–Trinajstić information content (AvgIpc) is 3.32. The third kappa shape index (κ3) is 4.46. The monoisotopic (exact) mass is 459 g/mol. The summed E-state index contributed by atoms with van der Waals surface area (Å²) in [4.78, 5) is 41.4. The Hall–Kier alpha value is -3.32. The lowest BCUT2D eigenvalue weighted by Gasteiger charge is -2.27. The van der Waals surface area contributed by atoms with Gasteiger partial charge in [0.25, 0.3) is 11.1 Å². The van der Waals surface area contributed by atoms with Crippen molar-refractivity contribution in [1.29, 1.82) is 0 Å². The van der Waals surface area contributed by atoms with Crippen molar-refractivity contribution in [3.8, 4) is 0 Å². The quantitative estimate of drug-likeness (QED) is 0.517. The molecule has 0 N–H and O–H groups in total. The van der Waals surface area contributed by atoms with E-state index < -0.39 is 5.91 Å². The molecule has 0 bridgehead atoms. The van der Waals surface area contributed by atoms with Gasteiger partial charge in [0.2, 0.25) is 5.91 Å². The van der Waals surface area contributed by atoms with E-state index in [9.17, 15) is 14.4 Å². The highest BCUT2D eigenvalue weighted by Crippen LogP contribution is 2.34. The first-order valence-corrected chi connectivity index (χ1v) is 12.1. The van der Waals surface area contributed by atoms with E-state index in [1.165, 1.54) is 5.56 Å². The number of likely N-dealkylation sites (tertiary alicyclic amines) is 1. The molecule has 2 fully saturated rings. The zero-order valence-electron chi connectivity index (χ0n) is 18.3. The Balaban J connectivity index is 1.40. The lowest BCUT2D eigenvalue weighted by Crippen LogP contribution is -2.44. The number of hydrogen-bond donors (Lipinski definition) is 0. The minimum absolute atomic E-state index is 0.155. The van der Waals surface area contributed by atoms with Crippen molar-refractivity contribution in [2.45, 2.75) is 25.8 Å². The molecule has 2 aliphatic heterocycles. The fraction of sp³-hybridized carbons (Fsp3) is 0.269. The zero-order chi connectivity index (χ0) is 22.8. The van der Waals surface area contributed by atoms with E-state index in [2.05, 4.69) is 22.8 Å². The highest BCUT2D eigenvalue weighted by Gasteiger charge is 2.37. The van der Waals surface area contributed by atoms with Crippen molar-refractivity contribution in [3.63, 3.8) is 0 Å². The summed E-state index contributed by atoms with van der Waals surface area (Å²) in [6, 6.07) is 18.2. The zero-order valence-corrected chi connectivity index (χ0v) is 19.1. The number of hydrogen-bond acceptors (Lipinski definition) is 4. The molecule has 0 aliphatic carbocycles. The van der Waals surface area contributed by atoms with Crippen LogP contribution in [0.2, 0.25) is 0 Å². The van der Waals surface area contributed by atoms with Crippen molar-refractivity contribution < 1.29 is 14.4 Å². The lowest BCUT2D eigenvalue weighted by atomic mass is 10.1. The number of para-hydroxylation sites is 1. The number of nitrogens with zero attached hydrogens (tertiary/aromatic N) is 3. The molecule has 0 atom stereocenters. The van der Waals surface area contributed by atoms with Gasteiger partial charge in [0.1, 0.15) is 6.54 Å². The van der Waals surface area contributed by atoms with Gasteiger partial charge < -0.3 is 9.47 Å². The van der Waals surface area contributed by atoms with Gasteiger partial charge in [0.15, 0.2) is 0 Å². The molecule has 1 aromatic heterocycles. The second-order valence-electron chi connectivity index (χ2n) is 8.42. The van der Waals surface area contributed by atoms with Crippen LogP contribution in [0.5, 0.6) is 0 Å². The molecule has 3 aromatic rings. The molecule has 2 aliphatic rings. The van der Waals surface area contributed by atoms with Crippen molar-refractivity contribution >= 4 is 45.8 Å². The van der Waals surface area contributed by atoms with Gasteiger partial charge >= 0.3 is 0 Å². The Bertz CT molecular complexity index is 1240. The number of aromatic nitrogens is 1. The largest absolute Gasteiger partial charge is 0.342 e. The first kappa shape index (κ1) is 21.5. The molecule has 5 rings (SSSR count). The number of benzene rings is 2. The minimum atomic E-state index is -0.393. The summed E-state index contributed by atoms with van der Waals surface area (Å²) in [6.07, 6.45) is 6.86. The third-order valence-electron chi connectivity index (χ3n) is 6.18. The van der Waals surface area contributed by atoms with Crippen LogP contribution in [0.15, 0.2) is 65.7 Å². The van der Waals surface area contributed by atoms with Gasteiger partial charge in [-0.05, 0) is 48.7 Å². The summed E-state index contributed by atoms with van der Waals surface area (Å²) < 4.78 is 2.15. The molecule has 168 valence electrons. The maximum atomic E-state index is 13.0. The van der Waals surface area contributed by atoms with E-state index in [4.69, 9.17) is 0 Å². The Morgan fingerprint density at radius 1 is 0.939 bits per heavy atom. The minimum Gasteiger partial charge on any atom is -0.342 e. The summed E-state index contributed by atoms with van der Waals surface area (Å²) in [5, 5.41) is 0.634. The van der Waals surface area contributed by atoms with Crippen LogP contribution in [-0.4, -0.2) is 51.1 Å². The summed E-state index contributed by atoms with van der Waals surface area (Å²) in [7, 11) is 0. The molecule has 0 unspecified atom stereocenters. The molecular formula is C26H25N3O3S. The number of amides is 3. The predicted molar refractivity (Wildman–Crippen MR) is 131 cm³/mol. The molecule has 2 saturated heterocycles. The van der Waals surface area contributed by atoms with Crippen molar-refractivity contribution in [1.82, 2.24) is 14.4 Å². The molecule has 7 heteroatoms. The second kappa shape index (κ2) is 9.27. The Labute approximate surface area is 196 Å². The predicted octanol–water partition coefficient (Wildman–Crippen LogP) is 4.74. The van der Waals surface area contributed by atoms with Gasteiger partial charge in [-0.2, -0.15) is 0 Å². The van der Waals surface area contributed by atoms with Crippen molar-refractivity contribution in [2.75, 3.05) is 19.6 Å². The topological polar surface area (TPSA) is 62.6 Å². The average molecular weight is 460 g/mol. The van der Waals surface area contributed by atoms with E-state index in [1.54, 1.807) is 11.0 Å². The number of fused-ring (bicyclic) bond motifs is 1. The van der Waals surface area contributed by atoms with E-state index in [0.717, 1.165) is 52.4 Å². The van der Waals surface area contributed by atoms with Crippen LogP contribution in [0.4, 0.5) is 4.79 Å². The van der Waals surface area contributed by atoms with E-state index in [1.807, 2.05) is 42.6 Å². The fourth-order valence-corrected chi connectivity index (χ4v) is 5.29. The first-order valence-electron chi connectivity index (χ1n) is 11.2. The van der Waals surface area contributed by atoms with Gasteiger partial charge in [0, 0.05) is 42.3 Å². The summed E-state index contributed by atoms with van der Waals surface area (Å²) in [5.74, 6) is -0.548. The second-order valence-corrected chi connectivity index (χ2v) is 9.42. The highest BCUT2D eigenvalue weighted by molar-refractivity contribution is 8.18. The number of thioether (sulfide) groups is 1. The number of carbonyl (C=O) groups excluding carboxylic acids is 3. The highest BCUT2D eigenvalue weighted by atomic mass is 32.2.